The Balaban J connectivity index is 1.74. The highest BCUT2D eigenvalue weighted by molar-refractivity contribution is 6.48. The van der Waals surface area contributed by atoms with Gasteiger partial charge in [0.2, 0.25) is 11.8 Å². The van der Waals surface area contributed by atoms with E-state index in [0.29, 0.717) is 32.7 Å². The molecule has 1 aromatic rings. The van der Waals surface area contributed by atoms with Crippen molar-refractivity contribution in [1.82, 2.24) is 20.4 Å². The summed E-state index contributed by atoms with van der Waals surface area (Å²) in [7, 11) is 2.51. The van der Waals surface area contributed by atoms with Crippen LogP contribution >= 0.6 is 0 Å². The fraction of sp³-hybridized carbons (Fsp3) is 0.667. The zero-order chi connectivity index (χ0) is 27.9. The van der Waals surface area contributed by atoms with Crippen molar-refractivity contribution >= 4 is 25.0 Å². The van der Waals surface area contributed by atoms with Gasteiger partial charge in [-0.05, 0) is 52.5 Å². The fourth-order valence-electron chi connectivity index (χ4n) is 4.39. The van der Waals surface area contributed by atoms with Gasteiger partial charge in [0, 0.05) is 27.2 Å². The lowest BCUT2D eigenvalue weighted by Gasteiger charge is -2.32. The molecule has 0 aliphatic carbocycles. The Morgan fingerprint density at radius 3 is 2.18 bits per heavy atom. The molecule has 0 saturated carbocycles. The van der Waals surface area contributed by atoms with E-state index < -0.39 is 42.2 Å². The number of amides is 4. The Bertz CT molecular complexity index is 936. The van der Waals surface area contributed by atoms with E-state index >= 15 is 0 Å². The van der Waals surface area contributed by atoms with Gasteiger partial charge in [0.1, 0.15) is 6.04 Å². The molecule has 2 aliphatic heterocycles. The maximum atomic E-state index is 13.6. The van der Waals surface area contributed by atoms with Crippen LogP contribution in [0.25, 0.3) is 0 Å². The molecule has 2 saturated heterocycles. The molecule has 0 spiro atoms. The lowest BCUT2D eigenvalue weighted by Crippen LogP contribution is -2.57. The molecule has 38 heavy (non-hydrogen) atoms. The molecule has 2 atom stereocenters. The van der Waals surface area contributed by atoms with Crippen molar-refractivity contribution in [1.29, 1.82) is 0 Å². The Morgan fingerprint density at radius 1 is 1.00 bits per heavy atom. The van der Waals surface area contributed by atoms with Crippen LogP contribution in [0.2, 0.25) is 0 Å². The van der Waals surface area contributed by atoms with Crippen LogP contribution in [0.4, 0.5) is 4.79 Å². The Kier molecular flexibility index (Phi) is 10.2. The quantitative estimate of drug-likeness (QED) is 0.448. The van der Waals surface area contributed by atoms with Gasteiger partial charge in [-0.1, -0.05) is 30.3 Å². The Morgan fingerprint density at radius 2 is 1.61 bits per heavy atom. The molecule has 4 amide bonds. The first-order chi connectivity index (χ1) is 17.9. The van der Waals surface area contributed by atoms with Crippen LogP contribution in [0.15, 0.2) is 30.3 Å². The van der Waals surface area contributed by atoms with Gasteiger partial charge in [0.15, 0.2) is 0 Å². The van der Waals surface area contributed by atoms with Crippen LogP contribution in [0.3, 0.4) is 0 Å². The summed E-state index contributed by atoms with van der Waals surface area (Å²) in [5.74, 6) is -1.12. The average Bonchev–Trinajstić information content (AvgIpc) is 3.10. The van der Waals surface area contributed by atoms with E-state index in [1.165, 1.54) is 10.5 Å². The zero-order valence-corrected chi connectivity index (χ0v) is 23.6. The topological polar surface area (TPSA) is 109 Å². The van der Waals surface area contributed by atoms with E-state index in [2.05, 4.69) is 22.8 Å². The number of urea groups is 1. The third-order valence-corrected chi connectivity index (χ3v) is 7.51. The summed E-state index contributed by atoms with van der Waals surface area (Å²) in [6.07, 6.45) is 2.08. The molecule has 210 valence electrons. The lowest BCUT2D eigenvalue weighted by atomic mass is 9.75. The van der Waals surface area contributed by atoms with Crippen LogP contribution in [-0.4, -0.2) is 98.3 Å². The lowest BCUT2D eigenvalue weighted by molar-refractivity contribution is -0.138. The van der Waals surface area contributed by atoms with Crippen molar-refractivity contribution in [3.8, 4) is 0 Å². The van der Waals surface area contributed by atoms with Gasteiger partial charge in [-0.2, -0.15) is 0 Å². The summed E-state index contributed by atoms with van der Waals surface area (Å²) >= 11 is 0. The monoisotopic (exact) mass is 530 g/mol. The van der Waals surface area contributed by atoms with Crippen LogP contribution in [0.5, 0.6) is 0 Å². The van der Waals surface area contributed by atoms with Gasteiger partial charge in [-0.15, -0.1) is 0 Å². The van der Waals surface area contributed by atoms with Crippen LogP contribution in [-0.2, 0) is 30.1 Å². The summed E-state index contributed by atoms with van der Waals surface area (Å²) in [6.45, 7) is 9.72. The highest BCUT2D eigenvalue weighted by Crippen LogP contribution is 2.38. The molecule has 3 rings (SSSR count). The Hall–Kier alpha value is -2.63. The molecule has 2 heterocycles. The number of aryl methyl sites for hydroxylation is 1. The molecule has 2 aliphatic rings. The molecular weight excluding hydrogens is 487 g/mol. The van der Waals surface area contributed by atoms with Gasteiger partial charge < -0.3 is 34.5 Å². The van der Waals surface area contributed by atoms with E-state index in [9.17, 15) is 14.4 Å². The molecule has 10 nitrogen and oxygen atoms in total. The number of carbonyl (C=O) groups is 3. The minimum absolute atomic E-state index is 0.147. The molecule has 2 unspecified atom stereocenters. The SMILES string of the molecule is CN(C)C(=O)NC(CC(=O)N1CCOCC1)C(=O)NC(CCCc1ccccc1)B1OC(C)(C)C(C)(C)O1. The molecule has 0 radical (unpaired) electrons. The first-order valence-corrected chi connectivity index (χ1v) is 13.4. The molecule has 0 bridgehead atoms. The predicted octanol–water partition coefficient (Wildman–Crippen LogP) is 2.01. The third kappa shape index (κ3) is 7.94. The van der Waals surface area contributed by atoms with E-state index in [0.717, 1.165) is 12.8 Å². The number of hydrogen-bond acceptors (Lipinski definition) is 6. The Labute approximate surface area is 226 Å². The van der Waals surface area contributed by atoms with Crippen LogP contribution in [0.1, 0.15) is 52.5 Å². The first-order valence-electron chi connectivity index (χ1n) is 13.4. The smallest absolute Gasteiger partial charge is 0.402 e. The van der Waals surface area contributed by atoms with E-state index in [4.69, 9.17) is 14.0 Å². The summed E-state index contributed by atoms with van der Waals surface area (Å²) in [5.41, 5.74) is 0.0780. The van der Waals surface area contributed by atoms with Crippen molar-refractivity contribution in [2.75, 3.05) is 40.4 Å². The predicted molar refractivity (Wildman–Crippen MR) is 145 cm³/mol. The number of hydrogen-bond donors (Lipinski definition) is 2. The molecule has 2 fully saturated rings. The number of nitrogens with zero attached hydrogens (tertiary/aromatic N) is 2. The van der Waals surface area contributed by atoms with E-state index in [1.54, 1.807) is 19.0 Å². The summed E-state index contributed by atoms with van der Waals surface area (Å²) in [6, 6.07) is 8.66. The average molecular weight is 530 g/mol. The molecule has 11 heteroatoms. The second-order valence-corrected chi connectivity index (χ2v) is 11.2. The highest BCUT2D eigenvalue weighted by Gasteiger charge is 2.54. The minimum atomic E-state index is -1.04. The third-order valence-electron chi connectivity index (χ3n) is 7.51. The maximum Gasteiger partial charge on any atom is 0.481 e. The number of nitrogens with one attached hydrogen (secondary N) is 2. The van der Waals surface area contributed by atoms with Crippen molar-refractivity contribution in [2.45, 2.75) is 76.6 Å². The van der Waals surface area contributed by atoms with Crippen LogP contribution in [0, 0.1) is 0 Å². The van der Waals surface area contributed by atoms with Crippen molar-refractivity contribution < 1.29 is 28.4 Å². The number of benzene rings is 1. The van der Waals surface area contributed by atoms with Gasteiger partial charge in [-0.25, -0.2) is 4.79 Å². The first kappa shape index (κ1) is 29.9. The van der Waals surface area contributed by atoms with Gasteiger partial charge in [0.05, 0.1) is 36.8 Å². The van der Waals surface area contributed by atoms with Gasteiger partial charge >= 0.3 is 13.1 Å². The standard InChI is InChI=1S/C27H43BN4O6/c1-26(2)27(3,4)38-28(37-26)22(14-10-13-20-11-8-7-9-12-20)30-24(34)21(29-25(35)31(5)6)19-23(33)32-15-17-36-18-16-32/h7-9,11-12,21-22H,10,13-19H2,1-6H3,(H,29,35)(H,30,34). The number of ether oxygens (including phenoxy) is 1. The minimum Gasteiger partial charge on any atom is -0.402 e. The molecule has 1 aromatic carbocycles. The maximum absolute atomic E-state index is 13.6. The summed E-state index contributed by atoms with van der Waals surface area (Å²) in [4.78, 5) is 42.1. The zero-order valence-electron chi connectivity index (χ0n) is 23.6. The largest absolute Gasteiger partial charge is 0.481 e. The van der Waals surface area contributed by atoms with E-state index in [1.807, 2.05) is 45.9 Å². The van der Waals surface area contributed by atoms with Crippen molar-refractivity contribution in [3.63, 3.8) is 0 Å². The van der Waals surface area contributed by atoms with Gasteiger partial charge in [0.25, 0.3) is 0 Å². The normalized spacial score (nSPS) is 19.9. The number of morpholine rings is 1. The molecular formula is C27H43BN4O6. The van der Waals surface area contributed by atoms with Crippen molar-refractivity contribution in [3.05, 3.63) is 35.9 Å². The fourth-order valence-corrected chi connectivity index (χ4v) is 4.39. The summed E-state index contributed by atoms with van der Waals surface area (Å²) in [5, 5.41) is 5.77. The summed E-state index contributed by atoms with van der Waals surface area (Å²) < 4.78 is 17.9. The number of carbonyl (C=O) groups excluding carboxylic acids is 3. The second-order valence-electron chi connectivity index (χ2n) is 11.2. The van der Waals surface area contributed by atoms with Gasteiger partial charge in [-0.3, -0.25) is 9.59 Å². The highest BCUT2D eigenvalue weighted by atomic mass is 16.7. The molecule has 2 N–H and O–H groups in total. The number of rotatable bonds is 10. The van der Waals surface area contributed by atoms with Crippen LogP contribution < -0.4 is 10.6 Å². The van der Waals surface area contributed by atoms with Crippen molar-refractivity contribution in [2.24, 2.45) is 0 Å². The second kappa shape index (κ2) is 13.0. The van der Waals surface area contributed by atoms with E-state index in [-0.39, 0.29) is 12.3 Å². The molecule has 0 aromatic heterocycles.